The fourth-order valence-electron chi connectivity index (χ4n) is 4.79. The van der Waals surface area contributed by atoms with E-state index >= 15 is 0 Å². The van der Waals surface area contributed by atoms with Crippen molar-refractivity contribution in [2.75, 3.05) is 13.1 Å². The first kappa shape index (κ1) is 22.1. The summed E-state index contributed by atoms with van der Waals surface area (Å²) in [5.41, 5.74) is 4.01. The van der Waals surface area contributed by atoms with Gasteiger partial charge in [-0.1, -0.05) is 54.1 Å². The van der Waals surface area contributed by atoms with E-state index in [1.54, 1.807) is 11.3 Å². The molecule has 5 nitrogen and oxygen atoms in total. The summed E-state index contributed by atoms with van der Waals surface area (Å²) in [6.45, 7) is 1.41. The number of nitrogens with zero attached hydrogens (tertiary/aromatic N) is 2. The molecule has 1 fully saturated rings. The normalized spacial score (nSPS) is 16.6. The molecule has 170 valence electrons. The van der Waals surface area contributed by atoms with E-state index in [9.17, 15) is 9.59 Å². The van der Waals surface area contributed by atoms with Gasteiger partial charge in [-0.05, 0) is 48.4 Å². The molecule has 1 aromatic heterocycles. The monoisotopic (exact) mass is 479 g/mol. The number of aromatic nitrogens is 1. The summed E-state index contributed by atoms with van der Waals surface area (Å²) in [5, 5.41) is 6.64. The topological polar surface area (TPSA) is 62.3 Å². The van der Waals surface area contributed by atoms with E-state index in [0.29, 0.717) is 30.2 Å². The molecule has 7 heteroatoms. The number of hydrogen-bond donors (Lipinski definition) is 1. The number of halogens is 1. The highest BCUT2D eigenvalue weighted by atomic mass is 35.5. The maximum absolute atomic E-state index is 12.8. The van der Waals surface area contributed by atoms with Gasteiger partial charge in [0.2, 0.25) is 5.91 Å². The lowest BCUT2D eigenvalue weighted by Gasteiger charge is -2.31. The molecule has 2 heterocycles. The number of nitrogens with one attached hydrogen (secondary N) is 1. The average Bonchev–Trinajstić information content (AvgIpc) is 3.48. The van der Waals surface area contributed by atoms with Gasteiger partial charge in [-0.15, -0.1) is 11.3 Å². The van der Waals surface area contributed by atoms with Gasteiger partial charge < -0.3 is 10.2 Å². The van der Waals surface area contributed by atoms with E-state index in [0.717, 1.165) is 36.3 Å². The minimum Gasteiger partial charge on any atom is -0.347 e. The summed E-state index contributed by atoms with van der Waals surface area (Å²) in [5.74, 6) is 0.303. The van der Waals surface area contributed by atoms with Crippen LogP contribution in [0.4, 0.5) is 0 Å². The number of rotatable bonds is 5. The molecule has 1 aliphatic heterocycles. The van der Waals surface area contributed by atoms with Gasteiger partial charge in [0.25, 0.3) is 5.91 Å². The summed E-state index contributed by atoms with van der Waals surface area (Å²) in [4.78, 5) is 32.0. The molecular formula is C26H26ClN3O2S. The number of carbonyl (C=O) groups excluding carboxylic acids is 2. The first-order valence-electron chi connectivity index (χ1n) is 11.4. The molecule has 0 radical (unpaired) electrons. The molecular weight excluding hydrogens is 454 g/mol. The predicted octanol–water partition coefficient (Wildman–Crippen LogP) is 4.64. The zero-order valence-electron chi connectivity index (χ0n) is 18.3. The van der Waals surface area contributed by atoms with Crippen molar-refractivity contribution in [2.24, 2.45) is 0 Å². The Morgan fingerprint density at radius 3 is 2.39 bits per heavy atom. The molecule has 0 bridgehead atoms. The second-order valence-corrected chi connectivity index (χ2v) is 10.1. The first-order chi connectivity index (χ1) is 16.1. The van der Waals surface area contributed by atoms with Gasteiger partial charge in [-0.3, -0.25) is 9.59 Å². The van der Waals surface area contributed by atoms with Gasteiger partial charge >= 0.3 is 0 Å². The quantitative estimate of drug-likeness (QED) is 0.579. The summed E-state index contributed by atoms with van der Waals surface area (Å²) in [7, 11) is 0. The lowest BCUT2D eigenvalue weighted by Crippen LogP contribution is -2.38. The fraction of sp³-hybridized carbons (Fsp3) is 0.346. The number of likely N-dealkylation sites (tertiary alicyclic amines) is 1. The minimum atomic E-state index is -0.0948. The van der Waals surface area contributed by atoms with E-state index in [1.807, 2.05) is 46.7 Å². The van der Waals surface area contributed by atoms with Crippen molar-refractivity contribution in [3.05, 3.63) is 86.3 Å². The Kier molecular flexibility index (Phi) is 6.47. The molecule has 1 aliphatic carbocycles. The number of fused-ring (bicyclic) bond motifs is 1. The largest absolute Gasteiger partial charge is 0.347 e. The third-order valence-electron chi connectivity index (χ3n) is 6.64. The van der Waals surface area contributed by atoms with Crippen LogP contribution in [-0.4, -0.2) is 40.8 Å². The molecule has 3 aromatic rings. The van der Waals surface area contributed by atoms with Gasteiger partial charge in [0, 0.05) is 35.5 Å². The minimum absolute atomic E-state index is 0.0948. The second-order valence-electron chi connectivity index (χ2n) is 8.84. The Bertz CT molecular complexity index is 1140. The van der Waals surface area contributed by atoms with Crippen LogP contribution in [0, 0.1) is 0 Å². The highest BCUT2D eigenvalue weighted by Crippen LogP contribution is 2.31. The third kappa shape index (κ3) is 4.97. The summed E-state index contributed by atoms with van der Waals surface area (Å²) < 4.78 is 0. The number of amides is 2. The molecule has 0 saturated carbocycles. The van der Waals surface area contributed by atoms with Crippen LogP contribution in [0.2, 0.25) is 5.02 Å². The highest BCUT2D eigenvalue weighted by Gasteiger charge is 2.28. The van der Waals surface area contributed by atoms with E-state index in [4.69, 9.17) is 11.6 Å². The number of thiazole rings is 1. The van der Waals surface area contributed by atoms with Gasteiger partial charge in [0.05, 0.1) is 11.4 Å². The van der Waals surface area contributed by atoms with Crippen molar-refractivity contribution in [1.29, 1.82) is 0 Å². The third-order valence-corrected chi connectivity index (χ3v) is 8.01. The van der Waals surface area contributed by atoms with Crippen LogP contribution in [0.15, 0.2) is 53.9 Å². The molecule has 0 unspecified atom stereocenters. The molecule has 1 saturated heterocycles. The van der Waals surface area contributed by atoms with Gasteiger partial charge in [0.1, 0.15) is 5.69 Å². The highest BCUT2D eigenvalue weighted by molar-refractivity contribution is 7.09. The van der Waals surface area contributed by atoms with Crippen LogP contribution in [0.25, 0.3) is 0 Å². The molecule has 5 rings (SSSR count). The second kappa shape index (κ2) is 9.65. The van der Waals surface area contributed by atoms with Gasteiger partial charge in [-0.2, -0.15) is 0 Å². The SMILES string of the molecule is O=C(NC1Cc2ccccc2C1)c1csc(C2CCN(C(=O)Cc3ccccc3Cl)CC2)n1. The zero-order valence-corrected chi connectivity index (χ0v) is 19.9. The van der Waals surface area contributed by atoms with Gasteiger partial charge in [-0.25, -0.2) is 4.98 Å². The Morgan fingerprint density at radius 2 is 1.70 bits per heavy atom. The molecule has 33 heavy (non-hydrogen) atoms. The molecule has 1 N–H and O–H groups in total. The van der Waals surface area contributed by atoms with Crippen LogP contribution in [0.1, 0.15) is 50.9 Å². The van der Waals surface area contributed by atoms with Crippen molar-refractivity contribution in [1.82, 2.24) is 15.2 Å². The lowest BCUT2D eigenvalue weighted by molar-refractivity contribution is -0.131. The van der Waals surface area contributed by atoms with Gasteiger partial charge in [0.15, 0.2) is 0 Å². The van der Waals surface area contributed by atoms with E-state index in [1.165, 1.54) is 11.1 Å². The summed E-state index contributed by atoms with van der Waals surface area (Å²) in [6.07, 6.45) is 3.80. The molecule has 2 amide bonds. The number of hydrogen-bond acceptors (Lipinski definition) is 4. The standard InChI is InChI=1S/C26H26ClN3O2S/c27-22-8-4-3-7-20(22)15-24(31)30-11-9-17(10-12-30)26-29-23(16-33-26)25(32)28-21-13-18-5-1-2-6-19(18)14-21/h1-8,16-17,21H,9-15H2,(H,28,32). The van der Waals surface area contributed by atoms with Crippen molar-refractivity contribution < 1.29 is 9.59 Å². The Morgan fingerprint density at radius 1 is 1.03 bits per heavy atom. The lowest BCUT2D eigenvalue weighted by atomic mass is 9.97. The molecule has 0 spiro atoms. The van der Waals surface area contributed by atoms with Crippen molar-refractivity contribution in [3.8, 4) is 0 Å². The first-order valence-corrected chi connectivity index (χ1v) is 12.7. The number of piperidine rings is 1. The Hall–Kier alpha value is -2.70. The van der Waals surface area contributed by atoms with Crippen molar-refractivity contribution in [3.63, 3.8) is 0 Å². The van der Waals surface area contributed by atoms with E-state index < -0.39 is 0 Å². The Labute approximate surface area is 202 Å². The van der Waals surface area contributed by atoms with E-state index in [-0.39, 0.29) is 23.8 Å². The molecule has 0 atom stereocenters. The van der Waals surface area contributed by atoms with Crippen molar-refractivity contribution >= 4 is 34.8 Å². The zero-order chi connectivity index (χ0) is 22.8. The summed E-state index contributed by atoms with van der Waals surface area (Å²) in [6, 6.07) is 16.0. The maximum Gasteiger partial charge on any atom is 0.270 e. The Balaban J connectivity index is 1.13. The van der Waals surface area contributed by atoms with Crippen LogP contribution < -0.4 is 5.32 Å². The molecule has 2 aliphatic rings. The van der Waals surface area contributed by atoms with Crippen LogP contribution in [0.3, 0.4) is 0 Å². The van der Waals surface area contributed by atoms with Crippen LogP contribution in [0.5, 0.6) is 0 Å². The molecule has 2 aromatic carbocycles. The fourth-order valence-corrected chi connectivity index (χ4v) is 5.97. The van der Waals surface area contributed by atoms with Crippen LogP contribution in [-0.2, 0) is 24.1 Å². The summed E-state index contributed by atoms with van der Waals surface area (Å²) >= 11 is 7.76. The van der Waals surface area contributed by atoms with Crippen molar-refractivity contribution in [2.45, 2.75) is 44.1 Å². The average molecular weight is 480 g/mol. The number of carbonyl (C=O) groups is 2. The number of benzene rings is 2. The van der Waals surface area contributed by atoms with E-state index in [2.05, 4.69) is 22.4 Å². The van der Waals surface area contributed by atoms with Crippen LogP contribution >= 0.6 is 22.9 Å². The smallest absolute Gasteiger partial charge is 0.270 e. The maximum atomic E-state index is 12.8. The predicted molar refractivity (Wildman–Crippen MR) is 131 cm³/mol.